The quantitative estimate of drug-likeness (QED) is 0.221. The zero-order valence-corrected chi connectivity index (χ0v) is 23.7. The molecule has 12 nitrogen and oxygen atoms in total. The predicted octanol–water partition coefficient (Wildman–Crippen LogP) is 2.80. The van der Waals surface area contributed by atoms with Crippen molar-refractivity contribution in [2.24, 2.45) is 0 Å². The summed E-state index contributed by atoms with van der Waals surface area (Å²) in [6, 6.07) is 6.53. The summed E-state index contributed by atoms with van der Waals surface area (Å²) >= 11 is 1.32. The molecule has 0 spiro atoms. The number of nitrogens with zero attached hydrogens (tertiary/aromatic N) is 4. The minimum Gasteiger partial charge on any atom is -0.451 e. The number of morpholine rings is 1. The molecule has 15 heteroatoms. The van der Waals surface area contributed by atoms with Crippen molar-refractivity contribution in [3.63, 3.8) is 0 Å². The van der Waals surface area contributed by atoms with Crippen molar-refractivity contribution in [3.8, 4) is 5.75 Å². The Hall–Kier alpha value is -4.21. The van der Waals surface area contributed by atoms with Gasteiger partial charge in [-0.1, -0.05) is 6.07 Å². The highest BCUT2D eigenvalue weighted by molar-refractivity contribution is 7.98. The van der Waals surface area contributed by atoms with E-state index in [4.69, 9.17) is 23.7 Å². The molecule has 0 bridgehead atoms. The minimum absolute atomic E-state index is 0.0499. The molecule has 226 valence electrons. The molecule has 1 amide bonds. The maximum atomic E-state index is 15.3. The fourth-order valence-electron chi connectivity index (χ4n) is 5.35. The molecule has 6 rings (SSSR count). The Balaban J connectivity index is 1.47. The Bertz CT molecular complexity index is 1620. The summed E-state index contributed by atoms with van der Waals surface area (Å²) in [5.41, 5.74) is 0.378. The first-order chi connectivity index (χ1) is 20.9. The van der Waals surface area contributed by atoms with Gasteiger partial charge in [0.05, 0.1) is 25.5 Å². The maximum Gasteiger partial charge on any atom is 0.511 e. The monoisotopic (exact) mass is 616 g/mol. The van der Waals surface area contributed by atoms with Crippen LogP contribution in [0.15, 0.2) is 52.4 Å². The van der Waals surface area contributed by atoms with Crippen LogP contribution in [0.5, 0.6) is 5.75 Å². The van der Waals surface area contributed by atoms with Gasteiger partial charge >= 0.3 is 6.16 Å². The summed E-state index contributed by atoms with van der Waals surface area (Å²) in [7, 11) is 1.44. The van der Waals surface area contributed by atoms with E-state index >= 15 is 4.39 Å². The second-order valence-electron chi connectivity index (χ2n) is 9.64. The highest BCUT2D eigenvalue weighted by atomic mass is 32.2. The third-order valence-corrected chi connectivity index (χ3v) is 8.35. The first-order valence-electron chi connectivity index (χ1n) is 13.3. The van der Waals surface area contributed by atoms with Crippen molar-refractivity contribution in [1.82, 2.24) is 14.6 Å². The lowest BCUT2D eigenvalue weighted by atomic mass is 9.96. The molecule has 0 saturated carbocycles. The molecule has 0 aliphatic carbocycles. The number of aromatic nitrogens is 2. The van der Waals surface area contributed by atoms with E-state index in [2.05, 4.69) is 4.98 Å². The molecule has 2 aromatic heterocycles. The van der Waals surface area contributed by atoms with Gasteiger partial charge < -0.3 is 28.6 Å². The molecule has 3 aromatic rings. The lowest BCUT2D eigenvalue weighted by molar-refractivity contribution is -0.0218. The van der Waals surface area contributed by atoms with E-state index in [-0.39, 0.29) is 55.7 Å². The van der Waals surface area contributed by atoms with Crippen molar-refractivity contribution in [2.45, 2.75) is 22.9 Å². The van der Waals surface area contributed by atoms with E-state index in [1.807, 2.05) is 6.07 Å². The maximum absolute atomic E-state index is 15.3. The SMILES string of the molecule is COCCOC(=O)OCOc1c2n(ccc1=O)N([C@H]1c3ccc(F)c(F)c3CSc3cccnc31)[C@@H]1COCCN1C2=O. The van der Waals surface area contributed by atoms with Crippen molar-refractivity contribution in [2.75, 3.05) is 51.9 Å². The zero-order valence-electron chi connectivity index (χ0n) is 22.9. The molecule has 1 fully saturated rings. The standard InChI is InChI=1S/C28H26F2N4O8S/c1-38-11-12-40-28(37)42-15-41-26-19(35)6-8-33-25(26)27(36)32-9-10-39-13-21(32)34(33)24-16-4-5-18(29)22(30)17(16)14-43-20-3-2-7-31-23(20)24/h2-8,21,24H,9-15H2,1H3/t21-,24+/m1/s1. The topological polar surface area (TPSA) is 122 Å². The largest absolute Gasteiger partial charge is 0.511 e. The first kappa shape index (κ1) is 28.9. The lowest BCUT2D eigenvalue weighted by Gasteiger charge is -2.51. The average molecular weight is 617 g/mol. The second-order valence-corrected chi connectivity index (χ2v) is 10.7. The Morgan fingerprint density at radius 1 is 1.16 bits per heavy atom. The summed E-state index contributed by atoms with van der Waals surface area (Å²) in [6.45, 7) is -0.0837. The highest BCUT2D eigenvalue weighted by Crippen LogP contribution is 2.44. The molecule has 0 radical (unpaired) electrons. The van der Waals surface area contributed by atoms with Crippen LogP contribution in [0.25, 0.3) is 0 Å². The average Bonchev–Trinajstić information content (AvgIpc) is 3.18. The van der Waals surface area contributed by atoms with Crippen LogP contribution in [0.3, 0.4) is 0 Å². The summed E-state index contributed by atoms with van der Waals surface area (Å²) in [4.78, 5) is 45.8. The number of carbonyl (C=O) groups excluding carboxylic acids is 2. The van der Waals surface area contributed by atoms with Gasteiger partial charge in [-0.15, -0.1) is 11.8 Å². The van der Waals surface area contributed by atoms with Crippen molar-refractivity contribution in [1.29, 1.82) is 0 Å². The van der Waals surface area contributed by atoms with E-state index in [1.165, 1.54) is 46.8 Å². The summed E-state index contributed by atoms with van der Waals surface area (Å²) in [5, 5.41) is 1.76. The Kier molecular flexibility index (Phi) is 8.19. The number of ether oxygens (including phenoxy) is 5. The molecule has 1 saturated heterocycles. The van der Waals surface area contributed by atoms with Crippen LogP contribution in [-0.4, -0.2) is 79.7 Å². The highest BCUT2D eigenvalue weighted by Gasteiger charge is 2.47. The van der Waals surface area contributed by atoms with E-state index < -0.39 is 48.1 Å². The summed E-state index contributed by atoms with van der Waals surface area (Å²) in [6.07, 6.45) is 1.26. The van der Waals surface area contributed by atoms with Gasteiger partial charge in [-0.25, -0.2) is 13.6 Å². The van der Waals surface area contributed by atoms with Crippen LogP contribution in [0.1, 0.15) is 33.4 Å². The molecule has 3 aliphatic rings. The van der Waals surface area contributed by atoms with Crippen LogP contribution in [-0.2, 0) is 24.7 Å². The lowest BCUT2D eigenvalue weighted by Crippen LogP contribution is -2.66. The van der Waals surface area contributed by atoms with Gasteiger partial charge in [0.15, 0.2) is 17.3 Å². The molecule has 1 aromatic carbocycles. The van der Waals surface area contributed by atoms with E-state index in [0.717, 1.165) is 11.0 Å². The number of hydrogen-bond donors (Lipinski definition) is 0. The minimum atomic E-state index is -1.05. The Labute approximate surface area is 248 Å². The fraction of sp³-hybridized carbons (Fsp3) is 0.357. The van der Waals surface area contributed by atoms with Crippen LogP contribution in [0.4, 0.5) is 13.6 Å². The van der Waals surface area contributed by atoms with Crippen LogP contribution >= 0.6 is 11.8 Å². The molecule has 5 heterocycles. The normalized spacial score (nSPS) is 19.0. The number of benzene rings is 1. The van der Waals surface area contributed by atoms with Gasteiger partial charge in [-0.3, -0.25) is 24.3 Å². The Morgan fingerprint density at radius 2 is 2.02 bits per heavy atom. The van der Waals surface area contributed by atoms with Gasteiger partial charge in [0.25, 0.3) is 5.91 Å². The summed E-state index contributed by atoms with van der Waals surface area (Å²) in [5.74, 6) is -2.67. The molecule has 2 atom stereocenters. The number of amides is 1. The molecule has 0 N–H and O–H groups in total. The van der Waals surface area contributed by atoms with E-state index in [9.17, 15) is 18.8 Å². The zero-order chi connectivity index (χ0) is 30.1. The van der Waals surface area contributed by atoms with E-state index in [1.54, 1.807) is 17.3 Å². The number of methoxy groups -OCH3 is 1. The smallest absolute Gasteiger partial charge is 0.451 e. The number of hydrogen-bond acceptors (Lipinski definition) is 11. The molecule has 0 unspecified atom stereocenters. The molecule has 43 heavy (non-hydrogen) atoms. The third-order valence-electron chi connectivity index (χ3n) is 7.27. The first-order valence-corrected chi connectivity index (χ1v) is 14.3. The van der Waals surface area contributed by atoms with Crippen LogP contribution in [0.2, 0.25) is 0 Å². The van der Waals surface area contributed by atoms with Crippen molar-refractivity contribution < 1.29 is 42.1 Å². The van der Waals surface area contributed by atoms with Crippen LogP contribution < -0.4 is 15.2 Å². The molecule has 3 aliphatic heterocycles. The van der Waals surface area contributed by atoms with E-state index in [0.29, 0.717) is 11.3 Å². The van der Waals surface area contributed by atoms with Crippen LogP contribution in [0, 0.1) is 11.6 Å². The second kappa shape index (κ2) is 12.2. The number of thioether (sulfide) groups is 1. The number of pyridine rings is 2. The number of fused-ring (bicyclic) bond motifs is 4. The Morgan fingerprint density at radius 3 is 2.86 bits per heavy atom. The molecular formula is C28H26F2N4O8S. The number of carbonyl (C=O) groups is 2. The predicted molar refractivity (Wildman–Crippen MR) is 146 cm³/mol. The van der Waals surface area contributed by atoms with Gasteiger partial charge in [0.2, 0.25) is 18.0 Å². The van der Waals surface area contributed by atoms with Gasteiger partial charge in [0, 0.05) is 48.3 Å². The fourth-order valence-corrected chi connectivity index (χ4v) is 6.43. The van der Waals surface area contributed by atoms with Crippen molar-refractivity contribution >= 4 is 23.8 Å². The van der Waals surface area contributed by atoms with Crippen molar-refractivity contribution in [3.05, 3.63) is 87.1 Å². The van der Waals surface area contributed by atoms with Gasteiger partial charge in [0.1, 0.15) is 18.8 Å². The third kappa shape index (κ3) is 5.28. The number of halogens is 2. The van der Waals surface area contributed by atoms with Gasteiger partial charge in [-0.2, -0.15) is 0 Å². The molecular weight excluding hydrogens is 590 g/mol. The van der Waals surface area contributed by atoms with Gasteiger partial charge in [-0.05, 0) is 23.8 Å². The summed E-state index contributed by atoms with van der Waals surface area (Å²) < 4.78 is 57.1. The number of rotatable bonds is 7.